The van der Waals surface area contributed by atoms with Gasteiger partial charge < -0.3 is 11.1 Å². The molecule has 1 amide bonds. The van der Waals surface area contributed by atoms with Crippen molar-refractivity contribution >= 4 is 5.91 Å². The summed E-state index contributed by atoms with van der Waals surface area (Å²) in [6, 6.07) is 4.02. The van der Waals surface area contributed by atoms with Crippen molar-refractivity contribution in [2.45, 2.75) is 31.8 Å². The van der Waals surface area contributed by atoms with Crippen molar-refractivity contribution in [3.05, 3.63) is 30.1 Å². The number of nitrogens with one attached hydrogen (secondary N) is 1. The molecular formula is C14H22N4O. The fourth-order valence-electron chi connectivity index (χ4n) is 2.57. The normalized spacial score (nSPS) is 20.4. The Hall–Kier alpha value is -1.46. The summed E-state index contributed by atoms with van der Waals surface area (Å²) < 4.78 is 0. The van der Waals surface area contributed by atoms with Crippen LogP contribution in [-0.4, -0.2) is 41.5 Å². The van der Waals surface area contributed by atoms with Crippen LogP contribution in [0.3, 0.4) is 0 Å². The molecule has 1 fully saturated rings. The lowest BCUT2D eigenvalue weighted by Crippen LogP contribution is -2.43. The first-order valence-electron chi connectivity index (χ1n) is 6.88. The third-order valence-corrected chi connectivity index (χ3v) is 3.59. The van der Waals surface area contributed by atoms with Gasteiger partial charge in [0.25, 0.3) is 0 Å². The fraction of sp³-hybridized carbons (Fsp3) is 0.571. The molecule has 2 unspecified atom stereocenters. The second kappa shape index (κ2) is 6.63. The summed E-state index contributed by atoms with van der Waals surface area (Å²) in [6.07, 6.45) is 5.44. The number of rotatable bonds is 4. The predicted molar refractivity (Wildman–Crippen MR) is 74.4 cm³/mol. The van der Waals surface area contributed by atoms with Gasteiger partial charge >= 0.3 is 0 Å². The first-order chi connectivity index (χ1) is 9.22. The summed E-state index contributed by atoms with van der Waals surface area (Å²) in [6.45, 7) is 4.11. The minimum absolute atomic E-state index is 0.00935. The maximum absolute atomic E-state index is 11.7. The van der Waals surface area contributed by atoms with E-state index in [2.05, 4.69) is 22.1 Å². The Kier molecular flexibility index (Phi) is 4.87. The molecule has 2 rings (SSSR count). The summed E-state index contributed by atoms with van der Waals surface area (Å²) in [4.78, 5) is 18.1. The Labute approximate surface area is 114 Å². The van der Waals surface area contributed by atoms with Crippen LogP contribution < -0.4 is 11.1 Å². The standard InChI is InChI=1S/C14H22N4O/c1-2-12(15)14(11-5-3-6-16-9-11)18-8-4-7-17-13(19)10-18/h3,5-6,9,12,14H,2,4,7-8,10,15H2,1H3,(H,17,19). The van der Waals surface area contributed by atoms with E-state index in [1.54, 1.807) is 6.20 Å². The van der Waals surface area contributed by atoms with Crippen molar-refractivity contribution < 1.29 is 4.79 Å². The molecule has 0 saturated carbocycles. The predicted octanol–water partition coefficient (Wildman–Crippen LogP) is 0.682. The molecule has 5 nitrogen and oxygen atoms in total. The molecule has 1 aliphatic heterocycles. The maximum atomic E-state index is 11.7. The third kappa shape index (κ3) is 3.52. The van der Waals surface area contributed by atoms with E-state index in [9.17, 15) is 4.79 Å². The van der Waals surface area contributed by atoms with E-state index in [0.717, 1.165) is 31.5 Å². The highest BCUT2D eigenvalue weighted by atomic mass is 16.2. The van der Waals surface area contributed by atoms with Gasteiger partial charge in [-0.3, -0.25) is 14.7 Å². The van der Waals surface area contributed by atoms with Crippen molar-refractivity contribution in [1.29, 1.82) is 0 Å². The van der Waals surface area contributed by atoms with E-state index in [1.165, 1.54) is 0 Å². The average Bonchev–Trinajstić information content (AvgIpc) is 2.65. The van der Waals surface area contributed by atoms with E-state index < -0.39 is 0 Å². The van der Waals surface area contributed by atoms with Crippen molar-refractivity contribution in [1.82, 2.24) is 15.2 Å². The van der Waals surface area contributed by atoms with Crippen LogP contribution in [0.25, 0.3) is 0 Å². The Morgan fingerprint density at radius 3 is 3.11 bits per heavy atom. The highest BCUT2D eigenvalue weighted by Crippen LogP contribution is 2.25. The molecule has 1 aromatic rings. The molecule has 104 valence electrons. The van der Waals surface area contributed by atoms with Crippen LogP contribution >= 0.6 is 0 Å². The molecule has 1 saturated heterocycles. The second-order valence-corrected chi connectivity index (χ2v) is 4.98. The molecular weight excluding hydrogens is 240 g/mol. The molecule has 2 atom stereocenters. The zero-order valence-corrected chi connectivity index (χ0v) is 11.4. The van der Waals surface area contributed by atoms with Crippen molar-refractivity contribution in [2.75, 3.05) is 19.6 Å². The summed E-state index contributed by atoms with van der Waals surface area (Å²) >= 11 is 0. The monoisotopic (exact) mass is 262 g/mol. The minimum Gasteiger partial charge on any atom is -0.355 e. The van der Waals surface area contributed by atoms with Crippen LogP contribution in [0.1, 0.15) is 31.4 Å². The van der Waals surface area contributed by atoms with E-state index >= 15 is 0 Å². The summed E-state index contributed by atoms with van der Waals surface area (Å²) in [5.74, 6) is 0.0784. The second-order valence-electron chi connectivity index (χ2n) is 4.98. The summed E-state index contributed by atoms with van der Waals surface area (Å²) in [7, 11) is 0. The molecule has 1 aliphatic rings. The number of nitrogens with zero attached hydrogens (tertiary/aromatic N) is 2. The topological polar surface area (TPSA) is 71.2 Å². The highest BCUT2D eigenvalue weighted by Gasteiger charge is 2.28. The van der Waals surface area contributed by atoms with Gasteiger partial charge in [0.05, 0.1) is 12.6 Å². The van der Waals surface area contributed by atoms with Gasteiger partial charge in [0.2, 0.25) is 5.91 Å². The summed E-state index contributed by atoms with van der Waals surface area (Å²) in [5, 5.41) is 2.90. The van der Waals surface area contributed by atoms with E-state index in [4.69, 9.17) is 5.73 Å². The number of hydrogen-bond donors (Lipinski definition) is 2. The largest absolute Gasteiger partial charge is 0.355 e. The quantitative estimate of drug-likeness (QED) is 0.837. The number of aromatic nitrogens is 1. The SMILES string of the molecule is CCC(N)C(c1cccnc1)N1CCCNC(=O)C1. The lowest BCUT2D eigenvalue weighted by atomic mass is 9.97. The zero-order valence-electron chi connectivity index (χ0n) is 11.4. The maximum Gasteiger partial charge on any atom is 0.234 e. The molecule has 19 heavy (non-hydrogen) atoms. The molecule has 0 bridgehead atoms. The Bertz CT molecular complexity index is 409. The van der Waals surface area contributed by atoms with Gasteiger partial charge in [-0.25, -0.2) is 0 Å². The van der Waals surface area contributed by atoms with Crippen molar-refractivity contribution in [2.24, 2.45) is 5.73 Å². The van der Waals surface area contributed by atoms with E-state index in [0.29, 0.717) is 6.54 Å². The summed E-state index contributed by atoms with van der Waals surface area (Å²) in [5.41, 5.74) is 7.36. The lowest BCUT2D eigenvalue weighted by Gasteiger charge is -2.33. The molecule has 0 aliphatic carbocycles. The van der Waals surface area contributed by atoms with Crippen molar-refractivity contribution in [3.8, 4) is 0 Å². The molecule has 3 N–H and O–H groups in total. The highest BCUT2D eigenvalue weighted by molar-refractivity contribution is 5.78. The Balaban J connectivity index is 2.24. The number of pyridine rings is 1. The van der Waals surface area contributed by atoms with Gasteiger partial charge in [0.15, 0.2) is 0 Å². The van der Waals surface area contributed by atoms with E-state index in [1.807, 2.05) is 18.3 Å². The fourth-order valence-corrected chi connectivity index (χ4v) is 2.57. The molecule has 0 aromatic carbocycles. The van der Waals surface area contributed by atoms with Crippen LogP contribution in [0.4, 0.5) is 0 Å². The molecule has 2 heterocycles. The number of amides is 1. The number of carbonyl (C=O) groups excluding carboxylic acids is 1. The van der Waals surface area contributed by atoms with E-state index in [-0.39, 0.29) is 18.0 Å². The number of carbonyl (C=O) groups is 1. The number of nitrogens with two attached hydrogens (primary N) is 1. The van der Waals surface area contributed by atoms with Gasteiger partial charge in [-0.15, -0.1) is 0 Å². The van der Waals surface area contributed by atoms with Crippen LogP contribution in [0.5, 0.6) is 0 Å². The zero-order chi connectivity index (χ0) is 13.7. The molecule has 0 spiro atoms. The van der Waals surface area contributed by atoms with Crippen molar-refractivity contribution in [3.63, 3.8) is 0 Å². The van der Waals surface area contributed by atoms with Crippen LogP contribution in [0.2, 0.25) is 0 Å². The Morgan fingerprint density at radius 1 is 1.58 bits per heavy atom. The van der Waals surface area contributed by atoms with Crippen LogP contribution in [0.15, 0.2) is 24.5 Å². The molecule has 5 heteroatoms. The van der Waals surface area contributed by atoms with Gasteiger partial charge in [-0.1, -0.05) is 13.0 Å². The number of hydrogen-bond acceptors (Lipinski definition) is 4. The van der Waals surface area contributed by atoms with Crippen LogP contribution in [-0.2, 0) is 4.79 Å². The average molecular weight is 262 g/mol. The first-order valence-corrected chi connectivity index (χ1v) is 6.88. The molecule has 0 radical (unpaired) electrons. The third-order valence-electron chi connectivity index (χ3n) is 3.59. The lowest BCUT2D eigenvalue weighted by molar-refractivity contribution is -0.122. The van der Waals surface area contributed by atoms with Gasteiger partial charge in [-0.05, 0) is 24.5 Å². The van der Waals surface area contributed by atoms with Crippen LogP contribution in [0, 0.1) is 0 Å². The Morgan fingerprint density at radius 2 is 2.42 bits per heavy atom. The molecule has 1 aromatic heterocycles. The first kappa shape index (κ1) is 14.0. The van der Waals surface area contributed by atoms with Gasteiger partial charge in [-0.2, -0.15) is 0 Å². The van der Waals surface area contributed by atoms with Gasteiger partial charge in [0.1, 0.15) is 0 Å². The van der Waals surface area contributed by atoms with Gasteiger partial charge in [0, 0.05) is 31.5 Å². The smallest absolute Gasteiger partial charge is 0.234 e. The minimum atomic E-state index is 0.00935.